The highest BCUT2D eigenvalue weighted by atomic mass is 16.3. The maximum Gasteiger partial charge on any atom is 0.220 e. The zero-order valence-corrected chi connectivity index (χ0v) is 9.78. The third-order valence-electron chi connectivity index (χ3n) is 1.46. The molecule has 94 valence electrons. The summed E-state index contributed by atoms with van der Waals surface area (Å²) in [6, 6.07) is 0. The molecule has 2 amide bonds. The van der Waals surface area contributed by atoms with E-state index in [9.17, 15) is 14.4 Å². The van der Waals surface area contributed by atoms with Crippen molar-refractivity contribution in [1.82, 2.24) is 10.6 Å². The molecule has 6 heteroatoms. The Labute approximate surface area is 95.4 Å². The van der Waals surface area contributed by atoms with Crippen molar-refractivity contribution >= 4 is 18.1 Å². The maximum absolute atomic E-state index is 10.3. The number of aldehydes is 1. The summed E-state index contributed by atoms with van der Waals surface area (Å²) in [6.45, 7) is 4.03. The van der Waals surface area contributed by atoms with Crippen molar-refractivity contribution in [1.29, 1.82) is 0 Å². The molecular weight excluding hydrogens is 212 g/mol. The van der Waals surface area contributed by atoms with Gasteiger partial charge < -0.3 is 20.5 Å². The second-order valence-corrected chi connectivity index (χ2v) is 2.75. The van der Waals surface area contributed by atoms with E-state index in [0.717, 1.165) is 0 Å². The van der Waals surface area contributed by atoms with Gasteiger partial charge in [0.1, 0.15) is 6.29 Å². The number of amides is 2. The molecule has 0 aromatic carbocycles. The summed E-state index contributed by atoms with van der Waals surface area (Å²) >= 11 is 0. The molecule has 0 saturated carbocycles. The van der Waals surface area contributed by atoms with E-state index >= 15 is 0 Å². The van der Waals surface area contributed by atoms with Gasteiger partial charge in [-0.2, -0.15) is 0 Å². The monoisotopic (exact) mass is 232 g/mol. The second kappa shape index (κ2) is 13.6. The first kappa shape index (κ1) is 17.0. The highest BCUT2D eigenvalue weighted by molar-refractivity contribution is 5.77. The predicted molar refractivity (Wildman–Crippen MR) is 59.8 cm³/mol. The average molecular weight is 232 g/mol. The van der Waals surface area contributed by atoms with Gasteiger partial charge in [-0.15, -0.1) is 0 Å². The minimum atomic E-state index is -0.0860. The first-order valence-electron chi connectivity index (χ1n) is 5.20. The first-order valence-corrected chi connectivity index (χ1v) is 5.20. The van der Waals surface area contributed by atoms with Gasteiger partial charge in [-0.25, -0.2) is 0 Å². The van der Waals surface area contributed by atoms with Gasteiger partial charge in [0.05, 0.1) is 13.2 Å². The largest absolute Gasteiger partial charge is 0.395 e. The Bertz CT molecular complexity index is 207. The van der Waals surface area contributed by atoms with Crippen LogP contribution in [0.4, 0.5) is 0 Å². The van der Waals surface area contributed by atoms with Crippen LogP contribution in [-0.2, 0) is 14.4 Å². The Morgan fingerprint density at radius 2 is 1.62 bits per heavy atom. The normalized spacial score (nSPS) is 8.44. The van der Waals surface area contributed by atoms with Crippen LogP contribution in [0.1, 0.15) is 26.7 Å². The summed E-state index contributed by atoms with van der Waals surface area (Å²) in [5.41, 5.74) is 0. The number of rotatable bonds is 6. The molecule has 0 bridgehead atoms. The number of carbonyl (C=O) groups excluding carboxylic acids is 3. The van der Waals surface area contributed by atoms with Crippen LogP contribution in [0.3, 0.4) is 0 Å². The summed E-state index contributed by atoms with van der Waals surface area (Å²) < 4.78 is 0. The molecule has 0 unspecified atom stereocenters. The molecule has 0 rings (SSSR count). The third kappa shape index (κ3) is 15.1. The SMILES string of the molecule is CCC(=O)NCC=O.CCC(=O)NCCO. The lowest BCUT2D eigenvalue weighted by molar-refractivity contribution is -0.122. The molecule has 0 aliphatic rings. The lowest BCUT2D eigenvalue weighted by Gasteiger charge is -1.96. The summed E-state index contributed by atoms with van der Waals surface area (Å²) in [4.78, 5) is 30.3. The zero-order valence-electron chi connectivity index (χ0n) is 9.78. The summed E-state index contributed by atoms with van der Waals surface area (Å²) in [6.07, 6.45) is 1.58. The van der Waals surface area contributed by atoms with Gasteiger partial charge in [0.25, 0.3) is 0 Å². The molecule has 0 heterocycles. The molecule has 0 aliphatic heterocycles. The van der Waals surface area contributed by atoms with Gasteiger partial charge in [0, 0.05) is 19.4 Å². The molecule has 0 aromatic rings. The van der Waals surface area contributed by atoms with Gasteiger partial charge in [-0.3, -0.25) is 9.59 Å². The molecule has 0 radical (unpaired) electrons. The first-order chi connectivity index (χ1) is 7.62. The van der Waals surface area contributed by atoms with E-state index in [4.69, 9.17) is 5.11 Å². The van der Waals surface area contributed by atoms with Crippen molar-refractivity contribution in [2.45, 2.75) is 26.7 Å². The van der Waals surface area contributed by atoms with Crippen LogP contribution in [0.2, 0.25) is 0 Å². The van der Waals surface area contributed by atoms with Gasteiger partial charge >= 0.3 is 0 Å². The smallest absolute Gasteiger partial charge is 0.220 e. The second-order valence-electron chi connectivity index (χ2n) is 2.75. The molecule has 0 spiro atoms. The number of nitrogens with one attached hydrogen (secondary N) is 2. The Morgan fingerprint density at radius 1 is 1.12 bits per heavy atom. The van der Waals surface area contributed by atoms with Crippen molar-refractivity contribution in [3.8, 4) is 0 Å². The van der Waals surface area contributed by atoms with E-state index in [0.29, 0.717) is 25.7 Å². The van der Waals surface area contributed by atoms with Gasteiger partial charge in [0.15, 0.2) is 0 Å². The number of hydrogen-bond donors (Lipinski definition) is 3. The summed E-state index contributed by atoms with van der Waals surface area (Å²) in [7, 11) is 0. The molecule has 0 fully saturated rings. The highest BCUT2D eigenvalue weighted by Gasteiger charge is 1.91. The summed E-state index contributed by atoms with van der Waals surface area (Å²) in [5.74, 6) is -0.101. The quantitative estimate of drug-likeness (QED) is 0.523. The van der Waals surface area contributed by atoms with E-state index in [1.165, 1.54) is 0 Å². The van der Waals surface area contributed by atoms with Crippen LogP contribution >= 0.6 is 0 Å². The van der Waals surface area contributed by atoms with E-state index in [1.807, 2.05) is 0 Å². The number of aliphatic hydroxyl groups excluding tert-OH is 1. The topological polar surface area (TPSA) is 95.5 Å². The summed E-state index contributed by atoms with van der Waals surface area (Å²) in [5, 5.41) is 13.1. The van der Waals surface area contributed by atoms with Crippen molar-refractivity contribution in [3.05, 3.63) is 0 Å². The molecule has 0 aromatic heterocycles. The molecule has 0 aliphatic carbocycles. The van der Waals surface area contributed by atoms with Crippen molar-refractivity contribution in [2.24, 2.45) is 0 Å². The Morgan fingerprint density at radius 3 is 2.00 bits per heavy atom. The molecular formula is C10H20N2O4. The van der Waals surface area contributed by atoms with Crippen LogP contribution in [0.5, 0.6) is 0 Å². The lowest BCUT2D eigenvalue weighted by Crippen LogP contribution is -2.25. The Balaban J connectivity index is 0. The van der Waals surface area contributed by atoms with Crippen LogP contribution in [0, 0.1) is 0 Å². The fraction of sp³-hybridized carbons (Fsp3) is 0.700. The molecule has 3 N–H and O–H groups in total. The van der Waals surface area contributed by atoms with Crippen molar-refractivity contribution in [2.75, 3.05) is 19.7 Å². The molecule has 0 atom stereocenters. The van der Waals surface area contributed by atoms with Crippen LogP contribution < -0.4 is 10.6 Å². The Kier molecular flexibility index (Phi) is 14.4. The van der Waals surface area contributed by atoms with E-state index in [1.54, 1.807) is 13.8 Å². The number of carbonyl (C=O) groups is 3. The van der Waals surface area contributed by atoms with Crippen LogP contribution in [0.15, 0.2) is 0 Å². The van der Waals surface area contributed by atoms with E-state index in [-0.39, 0.29) is 25.0 Å². The predicted octanol–water partition coefficient (Wildman–Crippen LogP) is -0.784. The Hall–Kier alpha value is -1.43. The average Bonchev–Trinajstić information content (AvgIpc) is 2.33. The molecule has 6 nitrogen and oxygen atoms in total. The third-order valence-corrected chi connectivity index (χ3v) is 1.46. The van der Waals surface area contributed by atoms with Crippen LogP contribution in [0.25, 0.3) is 0 Å². The zero-order chi connectivity index (χ0) is 12.8. The van der Waals surface area contributed by atoms with Gasteiger partial charge in [-0.1, -0.05) is 13.8 Å². The number of hydrogen-bond acceptors (Lipinski definition) is 4. The minimum absolute atomic E-state index is 0.0148. The van der Waals surface area contributed by atoms with Gasteiger partial charge in [0.2, 0.25) is 11.8 Å². The van der Waals surface area contributed by atoms with Gasteiger partial charge in [-0.05, 0) is 0 Å². The maximum atomic E-state index is 10.3. The highest BCUT2D eigenvalue weighted by Crippen LogP contribution is 1.71. The van der Waals surface area contributed by atoms with E-state index in [2.05, 4.69) is 10.6 Å². The minimum Gasteiger partial charge on any atom is -0.395 e. The van der Waals surface area contributed by atoms with Crippen molar-refractivity contribution < 1.29 is 19.5 Å². The van der Waals surface area contributed by atoms with E-state index < -0.39 is 0 Å². The van der Waals surface area contributed by atoms with Crippen molar-refractivity contribution in [3.63, 3.8) is 0 Å². The number of aliphatic hydroxyl groups is 1. The van der Waals surface area contributed by atoms with Crippen LogP contribution in [-0.4, -0.2) is 42.9 Å². The molecule has 16 heavy (non-hydrogen) atoms. The molecule has 0 saturated heterocycles. The lowest BCUT2D eigenvalue weighted by atomic mass is 10.4. The fourth-order valence-electron chi connectivity index (χ4n) is 0.601. The fourth-order valence-corrected chi connectivity index (χ4v) is 0.601. The standard InChI is InChI=1S/C5H11NO2.C5H9NO2/c2*1-2-5(8)6-3-4-7/h7H,2-4H2,1H3,(H,6,8);4H,2-3H2,1H3,(H,6,8).